The lowest BCUT2D eigenvalue weighted by atomic mass is 9.90. The second kappa shape index (κ2) is 10.9. The number of hydrogen-bond acceptors (Lipinski definition) is 5. The first-order chi connectivity index (χ1) is 14.0. The maximum atomic E-state index is 11.2. The molecule has 1 fully saturated rings. The largest absolute Gasteiger partial charge is 0.414 e. The molecule has 0 spiro atoms. The van der Waals surface area contributed by atoms with Crippen LogP contribution in [-0.4, -0.2) is 61.1 Å². The van der Waals surface area contributed by atoms with Crippen LogP contribution in [-0.2, 0) is 23.1 Å². The van der Waals surface area contributed by atoms with Crippen LogP contribution < -0.4 is 0 Å². The zero-order valence-electron chi connectivity index (χ0n) is 22.3. The molecule has 0 amide bonds. The molecule has 0 aromatic rings. The number of carbonyl (C=O) groups excluding carboxylic acids is 1. The molecule has 1 rings (SSSR count). The first kappa shape index (κ1) is 29.0. The molecule has 0 bridgehead atoms. The van der Waals surface area contributed by atoms with Gasteiger partial charge in [0.05, 0.1) is 31.0 Å². The Morgan fingerprint density at radius 2 is 1.52 bits per heavy atom. The monoisotopic (exact) mass is 474 g/mol. The molecule has 7 heteroatoms. The fourth-order valence-electron chi connectivity index (χ4n) is 3.75. The van der Waals surface area contributed by atoms with Crippen LogP contribution in [0.25, 0.3) is 0 Å². The Balaban J connectivity index is 3.09. The standard InChI is InChI=1S/C24H50O5Si2/c1-13-19-20(14-15-25)28-21(22(19)26-8)16-18(29-31(11,12)24(5,6)7)17-27-30(9,10)23(2,3)4/h15,18-22H,13-14,16-17H2,1-12H3/t18?,19-,20-,21?,22+/m0/s1. The van der Waals surface area contributed by atoms with Crippen LogP contribution >= 0.6 is 0 Å². The smallest absolute Gasteiger partial charge is 0.192 e. The lowest BCUT2D eigenvalue weighted by molar-refractivity contribution is -0.111. The molecule has 0 aliphatic carbocycles. The minimum atomic E-state index is -1.99. The molecule has 0 aromatic heterocycles. The van der Waals surface area contributed by atoms with Gasteiger partial charge in [0.15, 0.2) is 16.6 Å². The second-order valence-electron chi connectivity index (χ2n) is 12.2. The highest BCUT2D eigenvalue weighted by Crippen LogP contribution is 2.41. The summed E-state index contributed by atoms with van der Waals surface area (Å²) in [6.07, 6.45) is 2.81. The van der Waals surface area contributed by atoms with Gasteiger partial charge in [-0.05, 0) is 42.7 Å². The van der Waals surface area contributed by atoms with Gasteiger partial charge in [0, 0.05) is 25.9 Å². The van der Waals surface area contributed by atoms with Crippen LogP contribution in [0.4, 0.5) is 0 Å². The molecule has 1 saturated heterocycles. The highest BCUT2D eigenvalue weighted by molar-refractivity contribution is 6.74. The minimum Gasteiger partial charge on any atom is -0.414 e. The number of methoxy groups -OCH3 is 1. The van der Waals surface area contributed by atoms with Gasteiger partial charge in [-0.25, -0.2) is 0 Å². The highest BCUT2D eigenvalue weighted by atomic mass is 28.4. The van der Waals surface area contributed by atoms with E-state index in [1.807, 2.05) is 0 Å². The molecule has 0 aromatic carbocycles. The van der Waals surface area contributed by atoms with E-state index in [2.05, 4.69) is 74.7 Å². The molecule has 0 radical (unpaired) electrons. The topological polar surface area (TPSA) is 54.0 Å². The summed E-state index contributed by atoms with van der Waals surface area (Å²) in [5.74, 6) is 0.232. The van der Waals surface area contributed by atoms with E-state index in [0.717, 1.165) is 19.1 Å². The maximum Gasteiger partial charge on any atom is 0.192 e. The molecule has 0 N–H and O–H groups in total. The predicted octanol–water partition coefficient (Wildman–Crippen LogP) is 6.19. The van der Waals surface area contributed by atoms with Gasteiger partial charge in [0.1, 0.15) is 6.29 Å². The van der Waals surface area contributed by atoms with Gasteiger partial charge in [-0.3, -0.25) is 0 Å². The Morgan fingerprint density at radius 3 is 1.94 bits per heavy atom. The first-order valence-electron chi connectivity index (χ1n) is 11.9. The van der Waals surface area contributed by atoms with E-state index in [4.69, 9.17) is 18.3 Å². The molecular weight excluding hydrogens is 424 g/mol. The molecule has 1 heterocycles. The summed E-state index contributed by atoms with van der Waals surface area (Å²) in [4.78, 5) is 11.2. The van der Waals surface area contributed by atoms with E-state index in [0.29, 0.717) is 13.0 Å². The van der Waals surface area contributed by atoms with Crippen LogP contribution in [0.2, 0.25) is 36.3 Å². The third-order valence-electron chi connectivity index (χ3n) is 7.89. The Hall–Kier alpha value is -0.0562. The van der Waals surface area contributed by atoms with Crippen molar-refractivity contribution in [2.24, 2.45) is 5.92 Å². The Morgan fingerprint density at radius 1 is 0.968 bits per heavy atom. The zero-order chi connectivity index (χ0) is 24.3. The van der Waals surface area contributed by atoms with Gasteiger partial charge in [-0.1, -0.05) is 48.5 Å². The van der Waals surface area contributed by atoms with Gasteiger partial charge < -0.3 is 23.1 Å². The van der Waals surface area contributed by atoms with Crippen LogP contribution in [0, 0.1) is 5.92 Å². The quantitative estimate of drug-likeness (QED) is 0.264. The van der Waals surface area contributed by atoms with Crippen LogP contribution in [0.15, 0.2) is 0 Å². The molecule has 2 unspecified atom stereocenters. The normalized spacial score (nSPS) is 26.8. The average Bonchev–Trinajstić information content (AvgIpc) is 2.93. The third kappa shape index (κ3) is 7.47. The summed E-state index contributed by atoms with van der Waals surface area (Å²) in [6, 6.07) is 0. The predicted molar refractivity (Wildman–Crippen MR) is 134 cm³/mol. The summed E-state index contributed by atoms with van der Waals surface area (Å²) in [5, 5.41) is 0.265. The molecular formula is C24H50O5Si2. The van der Waals surface area contributed by atoms with E-state index in [9.17, 15) is 4.79 Å². The fourth-order valence-corrected chi connectivity index (χ4v) is 6.13. The summed E-state index contributed by atoms with van der Waals surface area (Å²) >= 11 is 0. The van der Waals surface area contributed by atoms with Crippen molar-refractivity contribution in [3.05, 3.63) is 0 Å². The minimum absolute atomic E-state index is 0.0201. The van der Waals surface area contributed by atoms with Crippen molar-refractivity contribution in [3.8, 4) is 0 Å². The van der Waals surface area contributed by atoms with Crippen molar-refractivity contribution in [1.29, 1.82) is 0 Å². The summed E-state index contributed by atoms with van der Waals surface area (Å²) < 4.78 is 25.7. The van der Waals surface area contributed by atoms with Gasteiger partial charge in [-0.15, -0.1) is 0 Å². The van der Waals surface area contributed by atoms with Crippen molar-refractivity contribution in [2.75, 3.05) is 13.7 Å². The molecule has 31 heavy (non-hydrogen) atoms. The fraction of sp³-hybridized carbons (Fsp3) is 0.958. The van der Waals surface area contributed by atoms with E-state index >= 15 is 0 Å². The lowest BCUT2D eigenvalue weighted by Crippen LogP contribution is -2.49. The van der Waals surface area contributed by atoms with E-state index in [1.54, 1.807) is 7.11 Å². The molecule has 1 aliphatic rings. The average molecular weight is 475 g/mol. The number of hydrogen-bond donors (Lipinski definition) is 0. The van der Waals surface area contributed by atoms with Crippen LogP contribution in [0.5, 0.6) is 0 Å². The van der Waals surface area contributed by atoms with Crippen molar-refractivity contribution in [1.82, 2.24) is 0 Å². The third-order valence-corrected chi connectivity index (χ3v) is 16.9. The second-order valence-corrected chi connectivity index (χ2v) is 21.8. The Labute approximate surface area is 194 Å². The zero-order valence-corrected chi connectivity index (χ0v) is 24.3. The van der Waals surface area contributed by atoms with E-state index in [1.165, 1.54) is 0 Å². The van der Waals surface area contributed by atoms with Crippen molar-refractivity contribution in [3.63, 3.8) is 0 Å². The van der Waals surface area contributed by atoms with Gasteiger partial charge >= 0.3 is 0 Å². The number of aldehydes is 1. The maximum absolute atomic E-state index is 11.2. The van der Waals surface area contributed by atoms with E-state index in [-0.39, 0.29) is 40.4 Å². The summed E-state index contributed by atoms with van der Waals surface area (Å²) in [6.45, 7) is 25.5. The number of carbonyl (C=O) groups is 1. The van der Waals surface area contributed by atoms with Gasteiger partial charge in [0.25, 0.3) is 0 Å². The summed E-state index contributed by atoms with van der Waals surface area (Å²) in [5.41, 5.74) is 0. The number of ether oxygens (including phenoxy) is 2. The lowest BCUT2D eigenvalue weighted by Gasteiger charge is -2.42. The van der Waals surface area contributed by atoms with Crippen molar-refractivity contribution >= 4 is 22.9 Å². The molecule has 0 saturated carbocycles. The molecule has 5 nitrogen and oxygen atoms in total. The van der Waals surface area contributed by atoms with Crippen LogP contribution in [0.1, 0.15) is 67.7 Å². The van der Waals surface area contributed by atoms with E-state index < -0.39 is 16.6 Å². The van der Waals surface area contributed by atoms with Gasteiger partial charge in [-0.2, -0.15) is 0 Å². The van der Waals surface area contributed by atoms with Crippen molar-refractivity contribution in [2.45, 2.75) is 128 Å². The highest BCUT2D eigenvalue weighted by Gasteiger charge is 2.47. The van der Waals surface area contributed by atoms with Crippen LogP contribution in [0.3, 0.4) is 0 Å². The molecule has 5 atom stereocenters. The molecule has 184 valence electrons. The SMILES string of the molecule is CC[C@H]1[C@H](CC=O)OC(CC(CO[Si](C)(C)C(C)(C)C)O[Si](C)(C)C(C)(C)C)[C@@H]1OC. The molecule has 1 aliphatic heterocycles. The van der Waals surface area contributed by atoms with Crippen molar-refractivity contribution < 1.29 is 23.1 Å². The Bertz CT molecular complexity index is 565. The number of rotatable bonds is 11. The Kier molecular flexibility index (Phi) is 10.2. The van der Waals surface area contributed by atoms with Gasteiger partial charge in [0.2, 0.25) is 0 Å². The first-order valence-corrected chi connectivity index (χ1v) is 17.8. The summed E-state index contributed by atoms with van der Waals surface area (Å²) in [7, 11) is -2.14.